The fourth-order valence-corrected chi connectivity index (χ4v) is 2.38. The number of aromatic nitrogens is 1. The summed E-state index contributed by atoms with van der Waals surface area (Å²) in [5.41, 5.74) is 1.53. The second-order valence-electron chi connectivity index (χ2n) is 5.61. The summed E-state index contributed by atoms with van der Waals surface area (Å²) < 4.78 is 0. The van der Waals surface area contributed by atoms with Gasteiger partial charge in [-0.1, -0.05) is 13.8 Å². The molecule has 2 heterocycles. The van der Waals surface area contributed by atoms with Gasteiger partial charge >= 0.3 is 0 Å². The van der Waals surface area contributed by atoms with Crippen LogP contribution >= 0.6 is 0 Å². The molecular weight excluding hydrogens is 210 g/mol. The van der Waals surface area contributed by atoms with Crippen LogP contribution in [0.4, 0.5) is 0 Å². The molecule has 1 saturated heterocycles. The number of hydrogen-bond donors (Lipinski definition) is 2. The monoisotopic (exact) mass is 233 g/mol. The number of hydrogen-bond acceptors (Lipinski definition) is 3. The second-order valence-corrected chi connectivity index (χ2v) is 5.61. The lowest BCUT2D eigenvalue weighted by molar-refractivity contribution is 0.431. The minimum atomic E-state index is 0.176. The van der Waals surface area contributed by atoms with Crippen molar-refractivity contribution in [3.05, 3.63) is 30.1 Å². The van der Waals surface area contributed by atoms with Gasteiger partial charge in [-0.05, 0) is 49.7 Å². The molecule has 0 amide bonds. The fraction of sp³-hybridized carbons (Fsp3) is 0.643. The average Bonchev–Trinajstić information content (AvgIpc) is 2.83. The van der Waals surface area contributed by atoms with E-state index in [0.717, 1.165) is 19.0 Å². The Morgan fingerprint density at radius 2 is 2.18 bits per heavy atom. The standard InChI is InChI=1S/C14H23N3/c1-14(2,13-4-7-15-8-5-13)11-17-10-12-3-6-16-9-12/h4-5,7-8,12,16-17H,3,6,9-11H2,1-2H3. The van der Waals surface area contributed by atoms with Crippen molar-refractivity contribution in [3.63, 3.8) is 0 Å². The quantitative estimate of drug-likeness (QED) is 0.810. The van der Waals surface area contributed by atoms with Crippen molar-refractivity contribution in [2.45, 2.75) is 25.7 Å². The molecule has 3 nitrogen and oxygen atoms in total. The molecule has 0 aliphatic carbocycles. The van der Waals surface area contributed by atoms with Crippen molar-refractivity contribution in [1.29, 1.82) is 0 Å². The second kappa shape index (κ2) is 5.61. The third-order valence-corrected chi connectivity index (χ3v) is 3.62. The lowest BCUT2D eigenvalue weighted by atomic mass is 9.85. The summed E-state index contributed by atoms with van der Waals surface area (Å²) in [6.07, 6.45) is 5.05. The van der Waals surface area contributed by atoms with E-state index >= 15 is 0 Å². The molecule has 1 unspecified atom stereocenters. The highest BCUT2D eigenvalue weighted by molar-refractivity contribution is 5.20. The minimum absolute atomic E-state index is 0.176. The van der Waals surface area contributed by atoms with Gasteiger partial charge in [-0.25, -0.2) is 0 Å². The van der Waals surface area contributed by atoms with E-state index in [4.69, 9.17) is 0 Å². The summed E-state index contributed by atoms with van der Waals surface area (Å²) >= 11 is 0. The highest BCUT2D eigenvalue weighted by Gasteiger charge is 2.21. The maximum Gasteiger partial charge on any atom is 0.0270 e. The number of nitrogens with one attached hydrogen (secondary N) is 2. The van der Waals surface area contributed by atoms with Crippen LogP contribution in [0.15, 0.2) is 24.5 Å². The summed E-state index contributed by atoms with van der Waals surface area (Å²) in [7, 11) is 0. The number of pyridine rings is 1. The van der Waals surface area contributed by atoms with Crippen molar-refractivity contribution < 1.29 is 0 Å². The predicted molar refractivity (Wildman–Crippen MR) is 71.1 cm³/mol. The van der Waals surface area contributed by atoms with Crippen molar-refractivity contribution in [3.8, 4) is 0 Å². The number of rotatable bonds is 5. The molecule has 1 aliphatic rings. The van der Waals surface area contributed by atoms with E-state index in [9.17, 15) is 0 Å². The molecule has 94 valence electrons. The summed E-state index contributed by atoms with van der Waals surface area (Å²) in [6.45, 7) is 9.06. The van der Waals surface area contributed by atoms with Crippen LogP contribution in [-0.2, 0) is 5.41 Å². The first kappa shape index (κ1) is 12.5. The topological polar surface area (TPSA) is 37.0 Å². The van der Waals surface area contributed by atoms with Gasteiger partial charge in [0.1, 0.15) is 0 Å². The first-order chi connectivity index (χ1) is 8.18. The molecule has 0 aromatic carbocycles. The van der Waals surface area contributed by atoms with Gasteiger partial charge in [-0.3, -0.25) is 4.98 Å². The minimum Gasteiger partial charge on any atom is -0.316 e. The van der Waals surface area contributed by atoms with Crippen LogP contribution in [0, 0.1) is 5.92 Å². The molecule has 1 aromatic rings. The molecule has 3 heteroatoms. The lowest BCUT2D eigenvalue weighted by Gasteiger charge is -2.26. The smallest absolute Gasteiger partial charge is 0.0270 e. The molecule has 1 atom stereocenters. The molecule has 2 N–H and O–H groups in total. The van der Waals surface area contributed by atoms with E-state index < -0.39 is 0 Å². The highest BCUT2D eigenvalue weighted by Crippen LogP contribution is 2.21. The van der Waals surface area contributed by atoms with Crippen LogP contribution in [0.2, 0.25) is 0 Å². The average molecular weight is 233 g/mol. The molecule has 17 heavy (non-hydrogen) atoms. The van der Waals surface area contributed by atoms with E-state index in [1.165, 1.54) is 25.1 Å². The molecule has 1 fully saturated rings. The Hall–Kier alpha value is -0.930. The normalized spacial score (nSPS) is 20.7. The molecule has 0 radical (unpaired) electrons. The van der Waals surface area contributed by atoms with E-state index in [-0.39, 0.29) is 5.41 Å². The van der Waals surface area contributed by atoms with E-state index in [1.807, 2.05) is 12.4 Å². The summed E-state index contributed by atoms with van der Waals surface area (Å²) in [5, 5.41) is 7.01. The predicted octanol–water partition coefficient (Wildman–Crippen LogP) is 1.56. The highest BCUT2D eigenvalue weighted by atomic mass is 14.9. The molecule has 0 bridgehead atoms. The van der Waals surface area contributed by atoms with Crippen molar-refractivity contribution in [2.75, 3.05) is 26.2 Å². The van der Waals surface area contributed by atoms with Crippen LogP contribution in [-0.4, -0.2) is 31.2 Å². The van der Waals surface area contributed by atoms with Crippen LogP contribution in [0.3, 0.4) is 0 Å². The van der Waals surface area contributed by atoms with Crippen molar-refractivity contribution in [2.24, 2.45) is 5.92 Å². The Morgan fingerprint density at radius 1 is 1.41 bits per heavy atom. The first-order valence-electron chi connectivity index (χ1n) is 6.50. The van der Waals surface area contributed by atoms with Crippen molar-refractivity contribution >= 4 is 0 Å². The first-order valence-corrected chi connectivity index (χ1v) is 6.50. The van der Waals surface area contributed by atoms with Crippen LogP contribution in [0.1, 0.15) is 25.8 Å². The zero-order valence-corrected chi connectivity index (χ0v) is 10.9. The van der Waals surface area contributed by atoms with Crippen LogP contribution in [0.5, 0.6) is 0 Å². The SMILES string of the molecule is CC(C)(CNCC1CCNC1)c1ccncc1. The molecule has 1 aliphatic heterocycles. The third-order valence-electron chi connectivity index (χ3n) is 3.62. The van der Waals surface area contributed by atoms with Crippen LogP contribution in [0.25, 0.3) is 0 Å². The Kier molecular flexibility index (Phi) is 4.13. The summed E-state index contributed by atoms with van der Waals surface area (Å²) in [4.78, 5) is 4.07. The molecule has 1 aromatic heterocycles. The lowest BCUT2D eigenvalue weighted by Crippen LogP contribution is -2.36. The third kappa shape index (κ3) is 3.51. The van der Waals surface area contributed by atoms with Gasteiger partial charge in [0.2, 0.25) is 0 Å². The maximum absolute atomic E-state index is 4.07. The Morgan fingerprint density at radius 3 is 2.82 bits per heavy atom. The molecule has 0 spiro atoms. The zero-order chi connectivity index (χ0) is 12.1. The Bertz CT molecular complexity index is 329. The molecular formula is C14H23N3. The van der Waals surface area contributed by atoms with Gasteiger partial charge in [0.15, 0.2) is 0 Å². The zero-order valence-electron chi connectivity index (χ0n) is 10.9. The molecule has 2 rings (SSSR count). The van der Waals surface area contributed by atoms with Crippen LogP contribution < -0.4 is 10.6 Å². The fourth-order valence-electron chi connectivity index (χ4n) is 2.38. The Balaban J connectivity index is 1.80. The number of nitrogens with zero attached hydrogens (tertiary/aromatic N) is 1. The van der Waals surface area contributed by atoms with Gasteiger partial charge < -0.3 is 10.6 Å². The summed E-state index contributed by atoms with van der Waals surface area (Å²) in [6, 6.07) is 4.22. The summed E-state index contributed by atoms with van der Waals surface area (Å²) in [5.74, 6) is 0.809. The van der Waals surface area contributed by atoms with Gasteiger partial charge in [-0.15, -0.1) is 0 Å². The van der Waals surface area contributed by atoms with Crippen molar-refractivity contribution in [1.82, 2.24) is 15.6 Å². The Labute approximate surface area is 104 Å². The van der Waals surface area contributed by atoms with Gasteiger partial charge in [-0.2, -0.15) is 0 Å². The van der Waals surface area contributed by atoms with E-state index in [2.05, 4.69) is 41.6 Å². The maximum atomic E-state index is 4.07. The van der Waals surface area contributed by atoms with Gasteiger partial charge in [0.25, 0.3) is 0 Å². The van der Waals surface area contributed by atoms with Gasteiger partial charge in [0.05, 0.1) is 0 Å². The van der Waals surface area contributed by atoms with Gasteiger partial charge in [0, 0.05) is 24.4 Å². The van der Waals surface area contributed by atoms with E-state index in [1.54, 1.807) is 0 Å². The van der Waals surface area contributed by atoms with E-state index in [0.29, 0.717) is 0 Å². The largest absolute Gasteiger partial charge is 0.316 e. The molecule has 0 saturated carbocycles.